The van der Waals surface area contributed by atoms with Crippen molar-refractivity contribution in [3.8, 4) is 17.3 Å². The molecule has 1 amide bonds. The summed E-state index contributed by atoms with van der Waals surface area (Å²) in [5.41, 5.74) is 2.25. The van der Waals surface area contributed by atoms with Gasteiger partial charge in [0, 0.05) is 29.8 Å². The molecule has 1 unspecified atom stereocenters. The predicted octanol–water partition coefficient (Wildman–Crippen LogP) is 4.01. The highest BCUT2D eigenvalue weighted by Gasteiger charge is 2.17. The van der Waals surface area contributed by atoms with Crippen LogP contribution in [-0.4, -0.2) is 26.9 Å². The SMILES string of the molecule is CC(Cn1ccc(-c2ccc(C#N)c(Cl)c2)n1)NC(=O)c1cc(C(C)C)on1. The third-order valence-electron chi connectivity index (χ3n) is 4.19. The minimum atomic E-state index is -0.283. The van der Waals surface area contributed by atoms with Crippen LogP contribution in [0.3, 0.4) is 0 Å². The third kappa shape index (κ3) is 4.41. The molecule has 0 aliphatic carbocycles. The van der Waals surface area contributed by atoms with Gasteiger partial charge in [0.25, 0.3) is 5.91 Å². The first kappa shape index (κ1) is 19.6. The first-order chi connectivity index (χ1) is 13.4. The molecule has 2 heterocycles. The standard InChI is InChI=1S/C20H20ClN5O2/c1-12(2)19-9-18(25-28-19)20(27)23-13(3)11-26-7-6-17(24-26)14-4-5-15(10-22)16(21)8-14/h4-9,12-13H,11H2,1-3H3,(H,23,27). The molecule has 7 nitrogen and oxygen atoms in total. The Bertz CT molecular complexity index is 1030. The van der Waals surface area contributed by atoms with Crippen molar-refractivity contribution in [3.63, 3.8) is 0 Å². The van der Waals surface area contributed by atoms with Gasteiger partial charge in [-0.1, -0.05) is 36.7 Å². The summed E-state index contributed by atoms with van der Waals surface area (Å²) in [6, 6.07) is 10.6. The number of rotatable bonds is 6. The Labute approximate surface area is 167 Å². The predicted molar refractivity (Wildman–Crippen MR) is 105 cm³/mol. The van der Waals surface area contributed by atoms with E-state index in [0.29, 0.717) is 22.9 Å². The fourth-order valence-corrected chi connectivity index (χ4v) is 2.90. The summed E-state index contributed by atoms with van der Waals surface area (Å²) in [7, 11) is 0. The Morgan fingerprint density at radius 2 is 2.11 bits per heavy atom. The maximum absolute atomic E-state index is 12.3. The van der Waals surface area contributed by atoms with E-state index in [4.69, 9.17) is 21.4 Å². The first-order valence-electron chi connectivity index (χ1n) is 8.88. The van der Waals surface area contributed by atoms with E-state index in [1.165, 1.54) is 0 Å². The first-order valence-corrected chi connectivity index (χ1v) is 9.26. The zero-order chi connectivity index (χ0) is 20.3. The van der Waals surface area contributed by atoms with Crippen molar-refractivity contribution in [2.75, 3.05) is 0 Å². The second-order valence-electron chi connectivity index (χ2n) is 6.87. The quantitative estimate of drug-likeness (QED) is 0.677. The van der Waals surface area contributed by atoms with Crippen LogP contribution in [0, 0.1) is 11.3 Å². The minimum Gasteiger partial charge on any atom is -0.360 e. The van der Waals surface area contributed by atoms with Gasteiger partial charge in [0.15, 0.2) is 5.69 Å². The van der Waals surface area contributed by atoms with Gasteiger partial charge in [-0.2, -0.15) is 10.4 Å². The zero-order valence-electron chi connectivity index (χ0n) is 15.8. The Morgan fingerprint density at radius 3 is 2.75 bits per heavy atom. The molecule has 2 aromatic heterocycles. The third-order valence-corrected chi connectivity index (χ3v) is 4.51. The van der Waals surface area contributed by atoms with Gasteiger partial charge in [0.05, 0.1) is 22.8 Å². The average Bonchev–Trinajstić information content (AvgIpc) is 3.31. The smallest absolute Gasteiger partial charge is 0.273 e. The highest BCUT2D eigenvalue weighted by molar-refractivity contribution is 6.32. The van der Waals surface area contributed by atoms with Crippen molar-refractivity contribution in [1.82, 2.24) is 20.3 Å². The number of benzene rings is 1. The normalized spacial score (nSPS) is 12.0. The maximum atomic E-state index is 12.3. The van der Waals surface area contributed by atoms with Gasteiger partial charge in [-0.25, -0.2) is 0 Å². The highest BCUT2D eigenvalue weighted by atomic mass is 35.5. The van der Waals surface area contributed by atoms with Gasteiger partial charge in [-0.05, 0) is 25.1 Å². The van der Waals surface area contributed by atoms with E-state index in [0.717, 1.165) is 11.3 Å². The molecule has 0 fully saturated rings. The van der Waals surface area contributed by atoms with E-state index in [1.807, 2.05) is 39.1 Å². The van der Waals surface area contributed by atoms with Crippen LogP contribution < -0.4 is 5.32 Å². The van der Waals surface area contributed by atoms with Gasteiger partial charge >= 0.3 is 0 Å². The summed E-state index contributed by atoms with van der Waals surface area (Å²) in [6.07, 6.45) is 1.83. The molecular weight excluding hydrogens is 378 g/mol. The number of amides is 1. The lowest BCUT2D eigenvalue weighted by Gasteiger charge is -2.12. The number of nitriles is 1. The summed E-state index contributed by atoms with van der Waals surface area (Å²) < 4.78 is 6.91. The van der Waals surface area contributed by atoms with Crippen LogP contribution in [-0.2, 0) is 6.54 Å². The minimum absolute atomic E-state index is 0.163. The number of nitrogens with one attached hydrogen (secondary N) is 1. The van der Waals surface area contributed by atoms with Crippen LogP contribution in [0.15, 0.2) is 41.1 Å². The molecule has 0 aliphatic rings. The zero-order valence-corrected chi connectivity index (χ0v) is 16.6. The molecule has 8 heteroatoms. The molecule has 3 aromatic rings. The summed E-state index contributed by atoms with van der Waals surface area (Å²) in [6.45, 7) is 6.33. The molecule has 1 aromatic carbocycles. The van der Waals surface area contributed by atoms with E-state index in [9.17, 15) is 4.79 Å². The largest absolute Gasteiger partial charge is 0.360 e. The van der Waals surface area contributed by atoms with Crippen LogP contribution in [0.5, 0.6) is 0 Å². The number of hydrogen-bond acceptors (Lipinski definition) is 5. The van der Waals surface area contributed by atoms with E-state index in [1.54, 1.807) is 28.9 Å². The fourth-order valence-electron chi connectivity index (χ4n) is 2.67. The van der Waals surface area contributed by atoms with Gasteiger partial charge in [0.2, 0.25) is 0 Å². The molecule has 0 saturated heterocycles. The Hall–Kier alpha value is -3.11. The van der Waals surface area contributed by atoms with Crippen LogP contribution in [0.2, 0.25) is 5.02 Å². The van der Waals surface area contributed by atoms with Crippen molar-refractivity contribution in [1.29, 1.82) is 5.26 Å². The van der Waals surface area contributed by atoms with Gasteiger partial charge in [-0.3, -0.25) is 9.48 Å². The van der Waals surface area contributed by atoms with Crippen molar-refractivity contribution in [2.45, 2.75) is 39.3 Å². The summed E-state index contributed by atoms with van der Waals surface area (Å²) in [5, 5.41) is 20.6. The molecule has 1 N–H and O–H groups in total. The average molecular weight is 398 g/mol. The second kappa shape index (κ2) is 8.28. The molecule has 0 spiro atoms. The molecule has 0 bridgehead atoms. The maximum Gasteiger partial charge on any atom is 0.273 e. The lowest BCUT2D eigenvalue weighted by Crippen LogP contribution is -2.36. The van der Waals surface area contributed by atoms with Crippen molar-refractivity contribution in [2.24, 2.45) is 0 Å². The number of carbonyl (C=O) groups excluding carboxylic acids is 1. The number of hydrogen-bond donors (Lipinski definition) is 1. The Kier molecular flexibility index (Phi) is 5.81. The molecule has 1 atom stereocenters. The number of aromatic nitrogens is 3. The van der Waals surface area contributed by atoms with E-state index < -0.39 is 0 Å². The van der Waals surface area contributed by atoms with Crippen molar-refractivity contribution >= 4 is 17.5 Å². The van der Waals surface area contributed by atoms with Crippen LogP contribution in [0.25, 0.3) is 11.3 Å². The molecular formula is C20H20ClN5O2. The van der Waals surface area contributed by atoms with E-state index in [2.05, 4.69) is 15.6 Å². The number of nitrogens with zero attached hydrogens (tertiary/aromatic N) is 4. The molecule has 144 valence electrons. The van der Waals surface area contributed by atoms with Crippen molar-refractivity contribution in [3.05, 3.63) is 58.6 Å². The van der Waals surface area contributed by atoms with Gasteiger partial charge in [-0.15, -0.1) is 0 Å². The summed E-state index contributed by atoms with van der Waals surface area (Å²) in [4.78, 5) is 12.3. The Balaban J connectivity index is 1.63. The molecule has 3 rings (SSSR count). The lowest BCUT2D eigenvalue weighted by molar-refractivity contribution is 0.0926. The fraction of sp³-hybridized carbons (Fsp3) is 0.300. The van der Waals surface area contributed by atoms with Crippen LogP contribution in [0.4, 0.5) is 0 Å². The number of carbonyl (C=O) groups is 1. The Morgan fingerprint density at radius 1 is 1.32 bits per heavy atom. The molecule has 28 heavy (non-hydrogen) atoms. The van der Waals surface area contributed by atoms with Crippen LogP contribution in [0.1, 0.15) is 48.5 Å². The second-order valence-corrected chi connectivity index (χ2v) is 7.28. The topological polar surface area (TPSA) is 96.7 Å². The molecule has 0 radical (unpaired) electrons. The monoisotopic (exact) mass is 397 g/mol. The molecule has 0 aliphatic heterocycles. The highest BCUT2D eigenvalue weighted by Crippen LogP contribution is 2.24. The van der Waals surface area contributed by atoms with Crippen molar-refractivity contribution < 1.29 is 9.32 Å². The summed E-state index contributed by atoms with van der Waals surface area (Å²) in [5.74, 6) is 0.565. The van der Waals surface area contributed by atoms with Gasteiger partial charge < -0.3 is 9.84 Å². The van der Waals surface area contributed by atoms with Crippen LogP contribution >= 0.6 is 11.6 Å². The van der Waals surface area contributed by atoms with E-state index >= 15 is 0 Å². The van der Waals surface area contributed by atoms with Gasteiger partial charge in [0.1, 0.15) is 11.8 Å². The molecule has 0 saturated carbocycles. The lowest BCUT2D eigenvalue weighted by atomic mass is 10.1. The number of halogens is 1. The van der Waals surface area contributed by atoms with E-state index in [-0.39, 0.29) is 23.6 Å². The summed E-state index contributed by atoms with van der Waals surface area (Å²) >= 11 is 6.09.